The Morgan fingerprint density at radius 1 is 0.644 bits per heavy atom. The number of fused-ring (bicyclic) bond motifs is 2. The van der Waals surface area contributed by atoms with Crippen molar-refractivity contribution in [2.75, 3.05) is 41.3 Å². The monoisotopic (exact) mass is 1240 g/mol. The summed E-state index contributed by atoms with van der Waals surface area (Å²) < 4.78 is 19.8. The summed E-state index contributed by atoms with van der Waals surface area (Å²) in [5.74, 6) is -1.17. The summed E-state index contributed by atoms with van der Waals surface area (Å²) in [5, 5.41) is 4.15. The van der Waals surface area contributed by atoms with Crippen LogP contribution in [0.5, 0.6) is 0 Å². The molecule has 10 rings (SSSR count). The normalized spacial score (nSPS) is 17.4. The molecule has 18 nitrogen and oxygen atoms in total. The number of piperazine rings is 2. The van der Waals surface area contributed by atoms with Gasteiger partial charge in [-0.25, -0.2) is 33.1 Å². The van der Waals surface area contributed by atoms with Crippen LogP contribution in [-0.4, -0.2) is 117 Å². The van der Waals surface area contributed by atoms with Gasteiger partial charge in [0.25, 0.3) is 0 Å². The number of rotatable bonds is 13. The van der Waals surface area contributed by atoms with Gasteiger partial charge in [-0.15, -0.1) is 0 Å². The Morgan fingerprint density at radius 3 is 1.76 bits per heavy atom. The van der Waals surface area contributed by atoms with Crippen LogP contribution in [0.3, 0.4) is 0 Å². The number of carbonyl (C=O) groups is 3. The first kappa shape index (κ1) is 64.0. The molecule has 8 heterocycles. The van der Waals surface area contributed by atoms with Crippen molar-refractivity contribution in [2.24, 2.45) is 5.41 Å². The van der Waals surface area contributed by atoms with Gasteiger partial charge in [0.05, 0.1) is 55.6 Å². The third kappa shape index (κ3) is 12.0. The van der Waals surface area contributed by atoms with Gasteiger partial charge < -0.3 is 24.9 Å². The van der Waals surface area contributed by atoms with E-state index in [1.807, 2.05) is 162 Å². The fourth-order valence-electron chi connectivity index (χ4n) is 12.3. The van der Waals surface area contributed by atoms with Crippen molar-refractivity contribution in [3.8, 4) is 33.9 Å². The van der Waals surface area contributed by atoms with Gasteiger partial charge in [0.2, 0.25) is 17.7 Å². The molecule has 1 N–H and O–H groups in total. The predicted octanol–water partition coefficient (Wildman–Crippen LogP) is 12.5. The average Bonchev–Trinajstić information content (AvgIpc) is 0.743. The van der Waals surface area contributed by atoms with E-state index in [4.69, 9.17) is 41.5 Å². The summed E-state index contributed by atoms with van der Waals surface area (Å²) in [6.45, 7) is 34.0. The second-order valence-electron chi connectivity index (χ2n) is 26.0. The van der Waals surface area contributed by atoms with Crippen LogP contribution < -0.4 is 26.5 Å². The van der Waals surface area contributed by atoms with Gasteiger partial charge in [-0.3, -0.25) is 24.4 Å². The van der Waals surface area contributed by atoms with Crippen LogP contribution in [0.15, 0.2) is 107 Å². The smallest absolute Gasteiger partial charge is 0.349 e. The number of hydrogen-bond donors (Lipinski definition) is 1. The standard InChI is InChI=1S/C70H79ClFN13O5/c1-17-55(86)80-33-44(12)83(35-42(80)10)64-51-32-53(72)60(47-23-19-18-22-40(47)8)77-66(51)85(69(90)79-64)62-49(37(2)3)30-46(74-58(62)39(6)7)26-27-56(87)81-34-45(13)82(36-43(81)11)63-50-31-52(71)59(48-24-20-21-25-54(48)75-67(88)70(14,15)16)76-65(50)84(68(89)78-63)61-41(9)28-29-73-57(61)38(4)5/h17-32,37-39,42-45H,1,33-36H2,2-16H3,(H,75,88)/b27-26-. The van der Waals surface area contributed by atoms with E-state index in [0.717, 1.165) is 16.7 Å². The molecule has 6 aromatic heterocycles. The lowest BCUT2D eigenvalue weighted by molar-refractivity contribution is -0.129. The second kappa shape index (κ2) is 25.1. The molecule has 2 aliphatic rings. The number of benzene rings is 2. The second-order valence-corrected chi connectivity index (χ2v) is 26.4. The highest BCUT2D eigenvalue weighted by molar-refractivity contribution is 6.34. The first-order valence-electron chi connectivity index (χ1n) is 30.8. The van der Waals surface area contributed by atoms with Crippen LogP contribution in [0.25, 0.3) is 62.0 Å². The van der Waals surface area contributed by atoms with E-state index in [2.05, 4.69) is 11.9 Å². The first-order chi connectivity index (χ1) is 42.6. The Labute approximate surface area is 529 Å². The minimum absolute atomic E-state index is 0.0750. The molecule has 4 atom stereocenters. The van der Waals surface area contributed by atoms with Gasteiger partial charge in [-0.1, -0.05) is 123 Å². The third-order valence-electron chi connectivity index (χ3n) is 17.2. The Morgan fingerprint density at radius 2 is 1.19 bits per heavy atom. The molecule has 3 amide bonds. The van der Waals surface area contributed by atoms with Crippen molar-refractivity contribution in [1.29, 1.82) is 0 Å². The summed E-state index contributed by atoms with van der Waals surface area (Å²) in [5.41, 5.74) is 5.72. The van der Waals surface area contributed by atoms with Crippen molar-refractivity contribution in [2.45, 2.75) is 146 Å². The number of nitrogens with one attached hydrogen (secondary N) is 1. The van der Waals surface area contributed by atoms with Crippen LogP contribution in [0.1, 0.15) is 142 Å². The maximum atomic E-state index is 16.8. The lowest BCUT2D eigenvalue weighted by Gasteiger charge is -2.44. The number of carbonyl (C=O) groups excluding carboxylic acids is 3. The zero-order valence-corrected chi connectivity index (χ0v) is 54.7. The summed E-state index contributed by atoms with van der Waals surface area (Å²) in [7, 11) is 0. The molecule has 0 radical (unpaired) electrons. The maximum Gasteiger partial charge on any atom is 0.355 e. The minimum atomic E-state index is -0.697. The van der Waals surface area contributed by atoms with E-state index in [-0.39, 0.29) is 88.4 Å². The highest BCUT2D eigenvalue weighted by Crippen LogP contribution is 2.41. The van der Waals surface area contributed by atoms with Crippen molar-refractivity contribution in [3.05, 3.63) is 163 Å². The Kier molecular flexibility index (Phi) is 17.9. The summed E-state index contributed by atoms with van der Waals surface area (Å²) in [4.78, 5) is 108. The molecule has 468 valence electrons. The average molecular weight is 1240 g/mol. The number of nitrogens with zero attached hydrogens (tertiary/aromatic N) is 12. The Hall–Kier alpha value is -8.97. The third-order valence-corrected chi connectivity index (χ3v) is 17.4. The van der Waals surface area contributed by atoms with E-state index in [1.54, 1.807) is 40.3 Å². The molecule has 0 bridgehead atoms. The molecule has 2 fully saturated rings. The van der Waals surface area contributed by atoms with E-state index in [1.165, 1.54) is 27.4 Å². The number of hydrogen-bond acceptors (Lipinski definition) is 13. The van der Waals surface area contributed by atoms with Crippen molar-refractivity contribution >= 4 is 74.8 Å². The largest absolute Gasteiger partial charge is 0.355 e. The molecule has 0 spiro atoms. The van der Waals surface area contributed by atoms with E-state index >= 15 is 9.18 Å². The molecular formula is C70H79ClFN13O5. The van der Waals surface area contributed by atoms with Crippen LogP contribution in [0.4, 0.5) is 21.7 Å². The maximum absolute atomic E-state index is 16.8. The van der Waals surface area contributed by atoms with Gasteiger partial charge in [-0.05, 0) is 118 Å². The molecule has 0 saturated carbocycles. The number of halogens is 2. The van der Waals surface area contributed by atoms with Gasteiger partial charge in [0, 0.05) is 79.2 Å². The summed E-state index contributed by atoms with van der Waals surface area (Å²) in [6, 6.07) is 20.2. The van der Waals surface area contributed by atoms with E-state index in [0.29, 0.717) is 92.8 Å². The van der Waals surface area contributed by atoms with Gasteiger partial charge in [0.15, 0.2) is 11.3 Å². The highest BCUT2D eigenvalue weighted by atomic mass is 35.5. The molecule has 8 aromatic rings. The SMILES string of the molecule is C=CC(=O)N1CC(C)N(c2nc(=O)n(-c3c(C(C)C)cc(/C=C\C(=O)N4CC(C)N(c5nc(=O)n(-c6c(C)ccnc6C(C)C)c6nc(-c7ccccc7NC(=O)C(C)(C)C)c(Cl)cc56)CC4C)nc3C(C)C)c3nc(-c4ccccc4C)c(F)cc23)CC1C. The molecule has 4 unspecified atom stereocenters. The van der Waals surface area contributed by atoms with Gasteiger partial charge in [-0.2, -0.15) is 9.97 Å². The molecule has 2 saturated heterocycles. The Bertz CT molecular complexity index is 4330. The lowest BCUT2D eigenvalue weighted by atomic mass is 9.95. The molecule has 2 aromatic carbocycles. The highest BCUT2D eigenvalue weighted by Gasteiger charge is 2.37. The number of amides is 3. The number of aromatic nitrogens is 8. The fourth-order valence-corrected chi connectivity index (χ4v) is 12.5. The number of pyridine rings is 4. The number of para-hydroxylation sites is 1. The molecule has 90 heavy (non-hydrogen) atoms. The topological polar surface area (TPSA) is 198 Å². The number of anilines is 3. The van der Waals surface area contributed by atoms with Crippen molar-refractivity contribution in [1.82, 2.24) is 48.8 Å². The Balaban J connectivity index is 1.02. The van der Waals surface area contributed by atoms with E-state index < -0.39 is 22.6 Å². The van der Waals surface area contributed by atoms with Gasteiger partial charge in [0.1, 0.15) is 23.1 Å². The van der Waals surface area contributed by atoms with Gasteiger partial charge >= 0.3 is 11.4 Å². The van der Waals surface area contributed by atoms with Crippen LogP contribution in [0, 0.1) is 25.1 Å². The quantitative estimate of drug-likeness (QED) is 0.107. The zero-order valence-electron chi connectivity index (χ0n) is 54.0. The van der Waals surface area contributed by atoms with Crippen LogP contribution >= 0.6 is 11.6 Å². The first-order valence-corrected chi connectivity index (χ1v) is 31.2. The van der Waals surface area contributed by atoms with Crippen molar-refractivity contribution in [3.63, 3.8) is 0 Å². The van der Waals surface area contributed by atoms with Crippen LogP contribution in [0.2, 0.25) is 5.02 Å². The minimum Gasteiger partial charge on any atom is -0.349 e. The van der Waals surface area contributed by atoms with E-state index in [9.17, 15) is 19.2 Å². The molecule has 20 heteroatoms. The summed E-state index contributed by atoms with van der Waals surface area (Å²) >= 11 is 7.30. The van der Waals surface area contributed by atoms with Crippen LogP contribution in [-0.2, 0) is 14.4 Å². The summed E-state index contributed by atoms with van der Waals surface area (Å²) in [6.07, 6.45) is 6.22. The zero-order chi connectivity index (χ0) is 65.1. The molecular weight excluding hydrogens is 1160 g/mol. The predicted molar refractivity (Wildman–Crippen MR) is 357 cm³/mol. The molecule has 0 aliphatic carbocycles. The molecule has 2 aliphatic heterocycles. The van der Waals surface area contributed by atoms with Crippen molar-refractivity contribution < 1.29 is 18.8 Å². The number of aryl methyl sites for hydroxylation is 2. The lowest BCUT2D eigenvalue weighted by Crippen LogP contribution is -2.58. The fraction of sp³-hybridized carbons (Fsp3) is 0.386.